The fourth-order valence-corrected chi connectivity index (χ4v) is 2.44. The lowest BCUT2D eigenvalue weighted by atomic mass is 10.1. The van der Waals surface area contributed by atoms with Crippen molar-refractivity contribution < 1.29 is 19.5 Å². The normalized spacial score (nSPS) is 16.6. The SMILES string of the molecule is N=C(N)c1ccc(CCC(=O)O)c(C(=O)NC(=O)[C@@H]2CCCN2)n1. The summed E-state index contributed by atoms with van der Waals surface area (Å²) in [4.78, 5) is 39.2. The number of hydrogen-bond donors (Lipinski definition) is 5. The van der Waals surface area contributed by atoms with Gasteiger partial charge in [0.05, 0.1) is 6.04 Å². The molecule has 2 rings (SSSR count). The Labute approximate surface area is 138 Å². The standard InChI is InChI=1S/C15H19N5O4/c16-13(17)9-5-3-8(4-6-11(21)22)12(19-9)15(24)20-14(23)10-2-1-7-18-10/h3,5,10,18H,1-2,4,6-7H2,(H3,16,17)(H,21,22)(H,20,23,24)/t10-/m0/s1. The summed E-state index contributed by atoms with van der Waals surface area (Å²) in [7, 11) is 0. The lowest BCUT2D eigenvalue weighted by Crippen LogP contribution is -2.43. The molecule has 128 valence electrons. The largest absolute Gasteiger partial charge is 0.481 e. The number of carboxylic acid groups (broad SMARTS) is 1. The minimum Gasteiger partial charge on any atom is -0.481 e. The van der Waals surface area contributed by atoms with E-state index in [1.165, 1.54) is 12.1 Å². The van der Waals surface area contributed by atoms with Crippen LogP contribution >= 0.6 is 0 Å². The highest BCUT2D eigenvalue weighted by Gasteiger charge is 2.25. The van der Waals surface area contributed by atoms with E-state index in [4.69, 9.17) is 16.2 Å². The average molecular weight is 333 g/mol. The van der Waals surface area contributed by atoms with Crippen LogP contribution in [0.3, 0.4) is 0 Å². The second kappa shape index (κ2) is 7.64. The van der Waals surface area contributed by atoms with Gasteiger partial charge in [-0.2, -0.15) is 0 Å². The lowest BCUT2D eigenvalue weighted by molar-refractivity contribution is -0.137. The molecule has 0 spiro atoms. The zero-order valence-electron chi connectivity index (χ0n) is 13.0. The lowest BCUT2D eigenvalue weighted by Gasteiger charge is -2.12. The number of hydrogen-bond acceptors (Lipinski definition) is 6. The first-order valence-electron chi connectivity index (χ1n) is 7.53. The summed E-state index contributed by atoms with van der Waals surface area (Å²) in [5.74, 6) is -2.50. The van der Waals surface area contributed by atoms with Gasteiger partial charge >= 0.3 is 5.97 Å². The molecule has 1 aliphatic rings. The van der Waals surface area contributed by atoms with Gasteiger partial charge < -0.3 is 16.2 Å². The highest BCUT2D eigenvalue weighted by molar-refractivity contribution is 6.06. The van der Waals surface area contributed by atoms with Gasteiger partial charge in [0.25, 0.3) is 5.91 Å². The van der Waals surface area contributed by atoms with Crippen LogP contribution in [0.15, 0.2) is 12.1 Å². The Morgan fingerprint density at radius 1 is 1.42 bits per heavy atom. The molecule has 1 aromatic rings. The predicted molar refractivity (Wildman–Crippen MR) is 84.7 cm³/mol. The van der Waals surface area contributed by atoms with E-state index in [1.807, 2.05) is 0 Å². The topological polar surface area (TPSA) is 158 Å². The van der Waals surface area contributed by atoms with Crippen molar-refractivity contribution in [1.29, 1.82) is 5.41 Å². The molecule has 6 N–H and O–H groups in total. The number of amidine groups is 1. The first-order chi connectivity index (χ1) is 11.4. The second-order valence-corrected chi connectivity index (χ2v) is 5.48. The van der Waals surface area contributed by atoms with E-state index >= 15 is 0 Å². The number of nitrogens with zero attached hydrogens (tertiary/aromatic N) is 1. The van der Waals surface area contributed by atoms with E-state index in [9.17, 15) is 14.4 Å². The number of imide groups is 1. The van der Waals surface area contributed by atoms with Gasteiger partial charge in [0.1, 0.15) is 17.2 Å². The number of aromatic nitrogens is 1. The van der Waals surface area contributed by atoms with E-state index in [0.29, 0.717) is 18.5 Å². The van der Waals surface area contributed by atoms with E-state index < -0.39 is 23.8 Å². The molecule has 2 amide bonds. The minimum absolute atomic E-state index is 0.0825. The molecule has 0 radical (unpaired) electrons. The molecule has 9 heteroatoms. The van der Waals surface area contributed by atoms with Gasteiger partial charge in [-0.15, -0.1) is 0 Å². The number of carboxylic acids is 1. The van der Waals surface area contributed by atoms with Gasteiger partial charge in [0, 0.05) is 6.42 Å². The molecule has 0 bridgehead atoms. The first-order valence-corrected chi connectivity index (χ1v) is 7.53. The predicted octanol–water partition coefficient (Wildman–Crippen LogP) is -0.609. The summed E-state index contributed by atoms with van der Waals surface area (Å²) in [5, 5.41) is 21.5. The van der Waals surface area contributed by atoms with Crippen LogP contribution in [0.4, 0.5) is 0 Å². The Hall–Kier alpha value is -2.81. The number of carbonyl (C=O) groups excluding carboxylic acids is 2. The maximum atomic E-state index is 12.4. The number of carbonyl (C=O) groups is 3. The number of pyridine rings is 1. The molecule has 1 saturated heterocycles. The molecule has 1 fully saturated rings. The Kier molecular flexibility index (Phi) is 5.59. The molecule has 0 unspecified atom stereocenters. The van der Waals surface area contributed by atoms with Crippen LogP contribution < -0.4 is 16.4 Å². The minimum atomic E-state index is -1.01. The number of rotatable bonds is 6. The van der Waals surface area contributed by atoms with Crippen molar-refractivity contribution in [3.05, 3.63) is 29.1 Å². The number of aliphatic carboxylic acids is 1. The van der Waals surface area contributed by atoms with Crippen LogP contribution in [0.5, 0.6) is 0 Å². The molecule has 1 aliphatic heterocycles. The molecule has 0 saturated carbocycles. The molecule has 24 heavy (non-hydrogen) atoms. The van der Waals surface area contributed by atoms with Crippen LogP contribution in [0, 0.1) is 5.41 Å². The smallest absolute Gasteiger partial charge is 0.303 e. The maximum Gasteiger partial charge on any atom is 0.303 e. The van der Waals surface area contributed by atoms with Crippen LogP contribution in [-0.2, 0) is 16.0 Å². The average Bonchev–Trinajstić information content (AvgIpc) is 3.07. The number of nitrogens with one attached hydrogen (secondary N) is 3. The van der Waals surface area contributed by atoms with Gasteiger partial charge in [-0.25, -0.2) is 4.98 Å². The molecular weight excluding hydrogens is 314 g/mol. The Morgan fingerprint density at radius 2 is 2.17 bits per heavy atom. The van der Waals surface area contributed by atoms with E-state index in [1.54, 1.807) is 0 Å². The Balaban J connectivity index is 2.21. The fraction of sp³-hybridized carbons (Fsp3) is 0.400. The molecule has 0 aliphatic carbocycles. The van der Waals surface area contributed by atoms with E-state index in [2.05, 4.69) is 15.6 Å². The van der Waals surface area contributed by atoms with E-state index in [-0.39, 0.29) is 30.1 Å². The number of amides is 2. The summed E-state index contributed by atoms with van der Waals surface area (Å²) < 4.78 is 0. The van der Waals surface area contributed by atoms with Crippen molar-refractivity contribution in [2.75, 3.05) is 6.54 Å². The summed E-state index contributed by atoms with van der Waals surface area (Å²) in [6.45, 7) is 0.716. The van der Waals surface area contributed by atoms with Crippen LogP contribution in [0.2, 0.25) is 0 Å². The third kappa shape index (κ3) is 4.35. The monoisotopic (exact) mass is 333 g/mol. The Bertz CT molecular complexity index is 682. The number of nitrogen functional groups attached to an aromatic ring is 1. The second-order valence-electron chi connectivity index (χ2n) is 5.48. The molecule has 0 aromatic carbocycles. The van der Waals surface area contributed by atoms with Crippen LogP contribution in [0.25, 0.3) is 0 Å². The number of nitrogens with two attached hydrogens (primary N) is 1. The summed E-state index contributed by atoms with van der Waals surface area (Å²) >= 11 is 0. The maximum absolute atomic E-state index is 12.4. The van der Waals surface area contributed by atoms with Crippen molar-refractivity contribution in [2.45, 2.75) is 31.7 Å². The summed E-state index contributed by atoms with van der Waals surface area (Å²) in [5.41, 5.74) is 5.76. The van der Waals surface area contributed by atoms with Crippen molar-refractivity contribution in [3.63, 3.8) is 0 Å². The van der Waals surface area contributed by atoms with Crippen molar-refractivity contribution >= 4 is 23.6 Å². The van der Waals surface area contributed by atoms with Gasteiger partial charge in [-0.05, 0) is 37.4 Å². The molecule has 9 nitrogen and oxygen atoms in total. The van der Waals surface area contributed by atoms with Crippen molar-refractivity contribution in [1.82, 2.24) is 15.6 Å². The molecule has 1 atom stereocenters. The van der Waals surface area contributed by atoms with Crippen molar-refractivity contribution in [2.24, 2.45) is 5.73 Å². The van der Waals surface area contributed by atoms with Gasteiger partial charge in [-0.3, -0.25) is 25.1 Å². The number of aryl methyl sites for hydroxylation is 1. The summed E-state index contributed by atoms with van der Waals surface area (Å²) in [6, 6.07) is 2.52. The molecule has 1 aromatic heterocycles. The van der Waals surface area contributed by atoms with Gasteiger partial charge in [0.15, 0.2) is 0 Å². The molecule has 2 heterocycles. The fourth-order valence-electron chi connectivity index (χ4n) is 2.44. The third-order valence-electron chi connectivity index (χ3n) is 3.69. The molecular formula is C15H19N5O4. The zero-order chi connectivity index (χ0) is 17.7. The zero-order valence-corrected chi connectivity index (χ0v) is 13.0. The van der Waals surface area contributed by atoms with E-state index in [0.717, 1.165) is 6.42 Å². The van der Waals surface area contributed by atoms with Crippen LogP contribution in [-0.4, -0.2) is 46.3 Å². The summed E-state index contributed by atoms with van der Waals surface area (Å²) in [6.07, 6.45) is 1.40. The Morgan fingerprint density at radius 3 is 2.75 bits per heavy atom. The first kappa shape index (κ1) is 17.5. The highest BCUT2D eigenvalue weighted by Crippen LogP contribution is 2.12. The third-order valence-corrected chi connectivity index (χ3v) is 3.69. The highest BCUT2D eigenvalue weighted by atomic mass is 16.4. The van der Waals surface area contributed by atoms with Gasteiger partial charge in [0.2, 0.25) is 5.91 Å². The van der Waals surface area contributed by atoms with Gasteiger partial charge in [-0.1, -0.05) is 6.07 Å². The van der Waals surface area contributed by atoms with Crippen LogP contribution in [0.1, 0.15) is 41.0 Å². The quantitative estimate of drug-likeness (QED) is 0.264. The van der Waals surface area contributed by atoms with Crippen molar-refractivity contribution in [3.8, 4) is 0 Å².